The summed E-state index contributed by atoms with van der Waals surface area (Å²) in [7, 11) is 1.26. The van der Waals surface area contributed by atoms with Crippen LogP contribution in [-0.2, 0) is 14.3 Å². The van der Waals surface area contributed by atoms with E-state index in [-0.39, 0.29) is 19.1 Å². The summed E-state index contributed by atoms with van der Waals surface area (Å²) in [5, 5.41) is 0. The van der Waals surface area contributed by atoms with Crippen molar-refractivity contribution in [1.29, 1.82) is 0 Å². The van der Waals surface area contributed by atoms with E-state index in [2.05, 4.69) is 10.7 Å². The third kappa shape index (κ3) is 4.77. The molecule has 0 saturated carbocycles. The number of amides is 1. The van der Waals surface area contributed by atoms with E-state index in [0.717, 1.165) is 17.3 Å². The van der Waals surface area contributed by atoms with E-state index in [0.29, 0.717) is 27.3 Å². The Bertz CT molecular complexity index is 797. The Hall–Kier alpha value is -2.50. The van der Waals surface area contributed by atoms with Crippen molar-refractivity contribution >= 4 is 46.3 Å². The molecule has 6 nitrogen and oxygen atoms in total. The number of thioether (sulfide) groups is 1. The lowest BCUT2D eigenvalue weighted by Gasteiger charge is -2.12. The van der Waals surface area contributed by atoms with Crippen LogP contribution in [0, 0.1) is 12.3 Å². The number of esters is 1. The lowest BCUT2D eigenvalue weighted by Crippen LogP contribution is -2.33. The first kappa shape index (κ1) is 19.8. The van der Waals surface area contributed by atoms with Gasteiger partial charge in [-0.25, -0.2) is 0 Å². The van der Waals surface area contributed by atoms with Gasteiger partial charge in [0.2, 0.25) is 0 Å². The number of ether oxygens (including phenoxy) is 3. The lowest BCUT2D eigenvalue weighted by molar-refractivity contribution is -0.143. The SMILES string of the molecule is C#CCOc1ccc(/C=C2\SC(=S)N(CC(=O)OC)C2=O)cc1OCC. The lowest BCUT2D eigenvalue weighted by atomic mass is 10.2. The van der Waals surface area contributed by atoms with Crippen LogP contribution in [0.15, 0.2) is 23.1 Å². The molecule has 8 heteroatoms. The zero-order valence-electron chi connectivity index (χ0n) is 14.3. The summed E-state index contributed by atoms with van der Waals surface area (Å²) in [6.07, 6.45) is 6.89. The van der Waals surface area contributed by atoms with Gasteiger partial charge in [-0.2, -0.15) is 0 Å². The second-order valence-electron chi connectivity index (χ2n) is 4.98. The molecule has 1 fully saturated rings. The number of terminal acetylenes is 1. The van der Waals surface area contributed by atoms with E-state index >= 15 is 0 Å². The molecule has 1 amide bonds. The number of hydrogen-bond donors (Lipinski definition) is 0. The number of carbonyl (C=O) groups is 2. The number of rotatable bonds is 7. The summed E-state index contributed by atoms with van der Waals surface area (Å²) in [5.74, 6) is 2.59. The summed E-state index contributed by atoms with van der Waals surface area (Å²) in [4.78, 5) is 25.5. The van der Waals surface area contributed by atoms with Crippen molar-refractivity contribution in [2.75, 3.05) is 26.9 Å². The van der Waals surface area contributed by atoms with E-state index in [1.807, 2.05) is 6.92 Å². The summed E-state index contributed by atoms with van der Waals surface area (Å²) < 4.78 is 15.9. The quantitative estimate of drug-likeness (QED) is 0.306. The molecule has 0 spiro atoms. The van der Waals surface area contributed by atoms with Crippen molar-refractivity contribution in [3.63, 3.8) is 0 Å². The zero-order valence-corrected chi connectivity index (χ0v) is 15.9. The van der Waals surface area contributed by atoms with Gasteiger partial charge in [-0.05, 0) is 30.7 Å². The maximum absolute atomic E-state index is 12.5. The molecular formula is C18H17NO5S2. The van der Waals surface area contributed by atoms with Crippen LogP contribution in [-0.4, -0.2) is 48.0 Å². The molecular weight excluding hydrogens is 374 g/mol. The number of hydrogen-bond acceptors (Lipinski definition) is 7. The largest absolute Gasteiger partial charge is 0.490 e. The van der Waals surface area contributed by atoms with Crippen LogP contribution in [0.25, 0.3) is 6.08 Å². The predicted octanol–water partition coefficient (Wildman–Crippen LogP) is 2.47. The number of carbonyl (C=O) groups excluding carboxylic acids is 2. The minimum atomic E-state index is -0.531. The highest BCUT2D eigenvalue weighted by atomic mass is 32.2. The molecule has 1 heterocycles. The Labute approximate surface area is 161 Å². The summed E-state index contributed by atoms with van der Waals surface area (Å²) in [5.41, 5.74) is 0.736. The first-order valence-electron chi connectivity index (χ1n) is 7.65. The molecule has 0 atom stereocenters. The molecule has 2 rings (SSSR count). The average Bonchev–Trinajstić information content (AvgIpc) is 2.88. The van der Waals surface area contributed by atoms with Gasteiger partial charge in [0.15, 0.2) is 11.5 Å². The summed E-state index contributed by atoms with van der Waals surface area (Å²) >= 11 is 6.30. The van der Waals surface area contributed by atoms with Gasteiger partial charge < -0.3 is 14.2 Å². The van der Waals surface area contributed by atoms with Crippen LogP contribution in [0.3, 0.4) is 0 Å². The molecule has 1 aromatic rings. The minimum absolute atomic E-state index is 0.131. The van der Waals surface area contributed by atoms with Crippen LogP contribution < -0.4 is 9.47 Å². The first-order chi connectivity index (χ1) is 12.5. The van der Waals surface area contributed by atoms with Gasteiger partial charge in [0.05, 0.1) is 18.6 Å². The van der Waals surface area contributed by atoms with Crippen molar-refractivity contribution in [2.24, 2.45) is 0 Å². The fraction of sp³-hybridized carbons (Fsp3) is 0.278. The van der Waals surface area contributed by atoms with Crippen LogP contribution in [0.4, 0.5) is 0 Å². The highest BCUT2D eigenvalue weighted by Gasteiger charge is 2.33. The third-order valence-corrected chi connectivity index (χ3v) is 4.64. The van der Waals surface area contributed by atoms with E-state index in [1.54, 1.807) is 24.3 Å². The van der Waals surface area contributed by atoms with Crippen LogP contribution in [0.1, 0.15) is 12.5 Å². The van der Waals surface area contributed by atoms with Gasteiger partial charge in [0.1, 0.15) is 17.5 Å². The van der Waals surface area contributed by atoms with Crippen molar-refractivity contribution in [3.05, 3.63) is 28.7 Å². The van der Waals surface area contributed by atoms with Gasteiger partial charge in [0, 0.05) is 0 Å². The Kier molecular flexibility index (Phi) is 7.06. The smallest absolute Gasteiger partial charge is 0.325 e. The normalized spacial score (nSPS) is 15.1. The van der Waals surface area contributed by atoms with Crippen molar-refractivity contribution in [3.8, 4) is 23.8 Å². The highest BCUT2D eigenvalue weighted by Crippen LogP contribution is 2.34. The van der Waals surface area contributed by atoms with E-state index in [1.165, 1.54) is 12.0 Å². The second kappa shape index (κ2) is 9.27. The van der Waals surface area contributed by atoms with Gasteiger partial charge >= 0.3 is 5.97 Å². The first-order valence-corrected chi connectivity index (χ1v) is 8.88. The number of methoxy groups -OCH3 is 1. The van der Waals surface area contributed by atoms with Crippen molar-refractivity contribution in [2.45, 2.75) is 6.92 Å². The second-order valence-corrected chi connectivity index (χ2v) is 6.65. The fourth-order valence-corrected chi connectivity index (χ4v) is 3.36. The molecule has 0 unspecified atom stereocenters. The molecule has 1 aliphatic rings. The Balaban J connectivity index is 2.24. The maximum Gasteiger partial charge on any atom is 0.325 e. The summed E-state index contributed by atoms with van der Waals surface area (Å²) in [6, 6.07) is 5.26. The molecule has 1 saturated heterocycles. The topological polar surface area (TPSA) is 65.1 Å². The molecule has 0 radical (unpaired) electrons. The Morgan fingerprint density at radius 3 is 2.81 bits per heavy atom. The van der Waals surface area contributed by atoms with Crippen molar-refractivity contribution < 1.29 is 23.8 Å². The summed E-state index contributed by atoms with van der Waals surface area (Å²) in [6.45, 7) is 2.24. The van der Waals surface area contributed by atoms with Crippen LogP contribution >= 0.6 is 24.0 Å². The number of thiocarbonyl (C=S) groups is 1. The fourth-order valence-electron chi connectivity index (χ4n) is 2.10. The van der Waals surface area contributed by atoms with Crippen molar-refractivity contribution in [1.82, 2.24) is 4.90 Å². The monoisotopic (exact) mass is 391 g/mol. The van der Waals surface area contributed by atoms with Gasteiger partial charge in [0.25, 0.3) is 5.91 Å². The molecule has 0 bridgehead atoms. The van der Waals surface area contributed by atoms with Gasteiger partial charge in [-0.1, -0.05) is 36.0 Å². The average molecular weight is 391 g/mol. The van der Waals surface area contributed by atoms with E-state index in [9.17, 15) is 9.59 Å². The Morgan fingerprint density at radius 1 is 1.38 bits per heavy atom. The third-order valence-electron chi connectivity index (χ3n) is 3.26. The van der Waals surface area contributed by atoms with E-state index in [4.69, 9.17) is 28.1 Å². The van der Waals surface area contributed by atoms with E-state index < -0.39 is 5.97 Å². The predicted molar refractivity (Wildman–Crippen MR) is 104 cm³/mol. The number of benzene rings is 1. The molecule has 0 aromatic heterocycles. The number of nitrogens with zero attached hydrogens (tertiary/aromatic N) is 1. The molecule has 1 aliphatic heterocycles. The standard InChI is InChI=1S/C18H17NO5S2/c1-4-8-24-13-7-6-12(9-14(13)23-5-2)10-15-17(21)19(18(25)26-15)11-16(20)22-3/h1,6-7,9-10H,5,8,11H2,2-3H3/b15-10-. The highest BCUT2D eigenvalue weighted by molar-refractivity contribution is 8.26. The molecule has 0 N–H and O–H groups in total. The zero-order chi connectivity index (χ0) is 19.1. The van der Waals surface area contributed by atoms with Gasteiger partial charge in [-0.15, -0.1) is 6.42 Å². The molecule has 0 aliphatic carbocycles. The Morgan fingerprint density at radius 2 is 2.15 bits per heavy atom. The maximum atomic E-state index is 12.5. The molecule has 1 aromatic carbocycles. The molecule has 136 valence electrons. The van der Waals surface area contributed by atoms with Crippen LogP contribution in [0.2, 0.25) is 0 Å². The van der Waals surface area contributed by atoms with Crippen LogP contribution in [0.5, 0.6) is 11.5 Å². The van der Waals surface area contributed by atoms with Gasteiger partial charge in [-0.3, -0.25) is 14.5 Å². The molecule has 26 heavy (non-hydrogen) atoms. The minimum Gasteiger partial charge on any atom is -0.490 e.